The first-order valence-electron chi connectivity index (χ1n) is 9.87. The molecule has 0 radical (unpaired) electrons. The van der Waals surface area contributed by atoms with Gasteiger partial charge in [0.25, 0.3) is 5.91 Å². The molecule has 1 unspecified atom stereocenters. The predicted octanol–water partition coefficient (Wildman–Crippen LogP) is 5.13. The SMILES string of the molecule is C/C=C(\C=NC)c1ccccc1C(=O)N(CC)C(C)COc1ccc(C(F)(F)F)cn1. The van der Waals surface area contributed by atoms with Gasteiger partial charge >= 0.3 is 6.18 Å². The molecule has 1 heterocycles. The van der Waals surface area contributed by atoms with Crippen LogP contribution in [0.25, 0.3) is 5.57 Å². The molecule has 0 aliphatic rings. The van der Waals surface area contributed by atoms with E-state index in [1.54, 1.807) is 30.3 Å². The zero-order valence-electron chi connectivity index (χ0n) is 18.0. The third-order valence-electron chi connectivity index (χ3n) is 4.72. The lowest BCUT2D eigenvalue weighted by atomic mass is 9.98. The van der Waals surface area contributed by atoms with Gasteiger partial charge in [0.2, 0.25) is 5.88 Å². The number of aromatic nitrogens is 1. The lowest BCUT2D eigenvalue weighted by molar-refractivity contribution is -0.137. The average molecular weight is 433 g/mol. The summed E-state index contributed by atoms with van der Waals surface area (Å²) in [6.07, 6.45) is -0.137. The molecule has 0 saturated heterocycles. The molecular formula is C23H26F3N3O2. The maximum atomic E-state index is 13.3. The number of alkyl halides is 3. The van der Waals surface area contributed by atoms with Crippen molar-refractivity contribution in [3.8, 4) is 5.88 Å². The highest BCUT2D eigenvalue weighted by Crippen LogP contribution is 2.29. The fraction of sp³-hybridized carbons (Fsp3) is 0.348. The average Bonchev–Trinajstić information content (AvgIpc) is 2.76. The van der Waals surface area contributed by atoms with E-state index in [9.17, 15) is 18.0 Å². The van der Waals surface area contributed by atoms with Gasteiger partial charge in [0.15, 0.2) is 0 Å². The number of ether oxygens (including phenoxy) is 1. The minimum Gasteiger partial charge on any atom is -0.475 e. The number of hydrogen-bond acceptors (Lipinski definition) is 4. The van der Waals surface area contributed by atoms with Crippen molar-refractivity contribution in [1.29, 1.82) is 0 Å². The normalized spacial score (nSPS) is 13.3. The highest BCUT2D eigenvalue weighted by Gasteiger charge is 2.31. The molecule has 1 aromatic carbocycles. The molecule has 0 saturated carbocycles. The van der Waals surface area contributed by atoms with Crippen LogP contribution < -0.4 is 4.74 Å². The molecule has 1 aromatic heterocycles. The van der Waals surface area contributed by atoms with Crippen LogP contribution in [0.4, 0.5) is 13.2 Å². The van der Waals surface area contributed by atoms with Crippen molar-refractivity contribution in [3.05, 3.63) is 65.4 Å². The molecule has 0 fully saturated rings. The number of allylic oxidation sites excluding steroid dienone is 2. The molecule has 5 nitrogen and oxygen atoms in total. The number of carbonyl (C=O) groups excluding carboxylic acids is 1. The van der Waals surface area contributed by atoms with Gasteiger partial charge in [-0.1, -0.05) is 24.3 Å². The highest BCUT2D eigenvalue weighted by molar-refractivity contribution is 6.14. The lowest BCUT2D eigenvalue weighted by Gasteiger charge is -2.29. The number of aliphatic imine (C=N–C) groups is 1. The smallest absolute Gasteiger partial charge is 0.417 e. The summed E-state index contributed by atoms with van der Waals surface area (Å²) in [7, 11) is 1.67. The van der Waals surface area contributed by atoms with Gasteiger partial charge in [0.1, 0.15) is 6.61 Å². The van der Waals surface area contributed by atoms with Gasteiger partial charge in [0, 0.05) is 37.6 Å². The van der Waals surface area contributed by atoms with E-state index in [2.05, 4.69) is 9.98 Å². The van der Waals surface area contributed by atoms with Crippen molar-refractivity contribution in [2.75, 3.05) is 20.2 Å². The maximum Gasteiger partial charge on any atom is 0.417 e. The maximum absolute atomic E-state index is 13.3. The Labute approximate surface area is 180 Å². The van der Waals surface area contributed by atoms with Crippen LogP contribution in [0.15, 0.2) is 53.7 Å². The van der Waals surface area contributed by atoms with E-state index in [4.69, 9.17) is 4.74 Å². The van der Waals surface area contributed by atoms with Crippen molar-refractivity contribution in [2.24, 2.45) is 4.99 Å². The van der Waals surface area contributed by atoms with Crippen LogP contribution in [0, 0.1) is 0 Å². The fourth-order valence-corrected chi connectivity index (χ4v) is 3.10. The quantitative estimate of drug-likeness (QED) is 0.542. The molecule has 0 bridgehead atoms. The molecule has 166 valence electrons. The summed E-state index contributed by atoms with van der Waals surface area (Å²) in [5.41, 5.74) is 1.30. The van der Waals surface area contributed by atoms with Crippen molar-refractivity contribution >= 4 is 17.7 Å². The van der Waals surface area contributed by atoms with Crippen molar-refractivity contribution in [1.82, 2.24) is 9.88 Å². The third kappa shape index (κ3) is 6.16. The van der Waals surface area contributed by atoms with Crippen LogP contribution in [0.3, 0.4) is 0 Å². The van der Waals surface area contributed by atoms with E-state index in [1.165, 1.54) is 6.07 Å². The summed E-state index contributed by atoms with van der Waals surface area (Å²) in [5, 5.41) is 0. The Morgan fingerprint density at radius 2 is 1.90 bits per heavy atom. The molecule has 1 amide bonds. The van der Waals surface area contributed by atoms with E-state index >= 15 is 0 Å². The van der Waals surface area contributed by atoms with Crippen LogP contribution in [0.1, 0.15) is 42.3 Å². The van der Waals surface area contributed by atoms with E-state index in [0.29, 0.717) is 12.1 Å². The Kier molecular flexibility index (Phi) is 8.36. The summed E-state index contributed by atoms with van der Waals surface area (Å²) in [4.78, 5) is 22.7. The Hall–Kier alpha value is -3.16. The molecule has 1 atom stereocenters. The number of nitrogens with zero attached hydrogens (tertiary/aromatic N) is 3. The molecule has 0 spiro atoms. The second-order valence-electron chi connectivity index (χ2n) is 6.81. The molecule has 2 aromatic rings. The predicted molar refractivity (Wildman–Crippen MR) is 115 cm³/mol. The molecular weight excluding hydrogens is 407 g/mol. The second kappa shape index (κ2) is 10.7. The van der Waals surface area contributed by atoms with Crippen LogP contribution in [-0.2, 0) is 6.18 Å². The second-order valence-corrected chi connectivity index (χ2v) is 6.81. The Bertz CT molecular complexity index is 938. The first kappa shape index (κ1) is 24.1. The molecule has 31 heavy (non-hydrogen) atoms. The van der Waals surface area contributed by atoms with E-state index in [1.807, 2.05) is 39.0 Å². The van der Waals surface area contributed by atoms with Crippen LogP contribution >= 0.6 is 0 Å². The fourth-order valence-electron chi connectivity index (χ4n) is 3.10. The highest BCUT2D eigenvalue weighted by atomic mass is 19.4. The zero-order chi connectivity index (χ0) is 23.0. The van der Waals surface area contributed by atoms with Crippen molar-refractivity contribution in [3.63, 3.8) is 0 Å². The molecule has 0 aliphatic carbocycles. The minimum absolute atomic E-state index is 0.0686. The van der Waals surface area contributed by atoms with Crippen LogP contribution in [0.2, 0.25) is 0 Å². The number of pyridine rings is 1. The Morgan fingerprint density at radius 1 is 1.23 bits per heavy atom. The number of rotatable bonds is 8. The van der Waals surface area contributed by atoms with Gasteiger partial charge in [-0.25, -0.2) is 4.98 Å². The van der Waals surface area contributed by atoms with Gasteiger partial charge in [0.05, 0.1) is 11.6 Å². The third-order valence-corrected chi connectivity index (χ3v) is 4.72. The lowest BCUT2D eigenvalue weighted by Crippen LogP contribution is -2.42. The number of amides is 1. The van der Waals surface area contributed by atoms with E-state index < -0.39 is 11.7 Å². The molecule has 0 N–H and O–H groups in total. The van der Waals surface area contributed by atoms with Gasteiger partial charge in [-0.3, -0.25) is 9.79 Å². The first-order valence-corrected chi connectivity index (χ1v) is 9.87. The largest absolute Gasteiger partial charge is 0.475 e. The number of benzene rings is 1. The number of likely N-dealkylation sites (N-methyl/N-ethyl adjacent to an activating group) is 1. The summed E-state index contributed by atoms with van der Waals surface area (Å²) in [5.74, 6) is -0.0995. The standard InChI is InChI=1S/C23H26F3N3O2/c1-5-17(13-27-4)19-9-7-8-10-20(19)22(30)29(6-2)16(3)15-31-21-12-11-18(14-28-21)23(24,25)26/h5,7-14,16H,6,15H2,1-4H3/b17-5+,27-13?. The van der Waals surface area contributed by atoms with Gasteiger partial charge in [-0.15, -0.1) is 0 Å². The summed E-state index contributed by atoms with van der Waals surface area (Å²) in [6.45, 7) is 6.08. The van der Waals surface area contributed by atoms with Crippen LogP contribution in [0.5, 0.6) is 5.88 Å². The number of hydrogen-bond donors (Lipinski definition) is 0. The zero-order valence-corrected chi connectivity index (χ0v) is 18.0. The molecule has 8 heteroatoms. The molecule has 0 aliphatic heterocycles. The topological polar surface area (TPSA) is 54.8 Å². The summed E-state index contributed by atoms with van der Waals surface area (Å²) < 4.78 is 43.5. The van der Waals surface area contributed by atoms with Gasteiger partial charge in [-0.05, 0) is 44.0 Å². The Balaban J connectivity index is 2.16. The number of carbonyl (C=O) groups is 1. The van der Waals surface area contributed by atoms with E-state index in [-0.39, 0.29) is 24.4 Å². The first-order chi connectivity index (χ1) is 14.7. The Morgan fingerprint density at radius 3 is 2.42 bits per heavy atom. The number of halogens is 3. The van der Waals surface area contributed by atoms with E-state index in [0.717, 1.165) is 23.4 Å². The van der Waals surface area contributed by atoms with Gasteiger partial charge < -0.3 is 9.64 Å². The summed E-state index contributed by atoms with van der Waals surface area (Å²) >= 11 is 0. The van der Waals surface area contributed by atoms with Crippen molar-refractivity contribution in [2.45, 2.75) is 33.0 Å². The minimum atomic E-state index is -4.45. The van der Waals surface area contributed by atoms with Gasteiger partial charge in [-0.2, -0.15) is 13.2 Å². The van der Waals surface area contributed by atoms with Crippen LogP contribution in [-0.4, -0.2) is 48.2 Å². The summed E-state index contributed by atoms with van der Waals surface area (Å²) in [6, 6.07) is 9.05. The van der Waals surface area contributed by atoms with Crippen molar-refractivity contribution < 1.29 is 22.7 Å². The molecule has 2 rings (SSSR count). The monoisotopic (exact) mass is 433 g/mol.